The Morgan fingerprint density at radius 3 is 2.80 bits per heavy atom. The summed E-state index contributed by atoms with van der Waals surface area (Å²) < 4.78 is 25.0. The predicted octanol–water partition coefficient (Wildman–Crippen LogP) is -0.00840. The minimum atomic E-state index is -3.59. The van der Waals surface area contributed by atoms with Gasteiger partial charge in [0, 0.05) is 12.3 Å². The van der Waals surface area contributed by atoms with Gasteiger partial charge in [-0.3, -0.25) is 4.31 Å². The number of hydrogen-bond acceptors (Lipinski definition) is 4. The van der Waals surface area contributed by atoms with E-state index in [4.69, 9.17) is 0 Å². The van der Waals surface area contributed by atoms with Crippen LogP contribution in [0.4, 0.5) is 0 Å². The number of amidine groups is 1. The second-order valence-electron chi connectivity index (χ2n) is 2.88. The molecule has 0 spiro atoms. The second kappa shape index (κ2) is 3.82. The number of hydrogen-bond donors (Lipinski definition) is 0. The number of aliphatic imine (C=N–C) groups is 2. The zero-order chi connectivity index (χ0) is 10.7. The summed E-state index contributed by atoms with van der Waals surface area (Å²) in [5.41, 5.74) is 0. The topological polar surface area (TPSA) is 63.8 Å². The minimum Gasteiger partial charge on any atom is -0.263 e. The molecule has 0 aliphatic carbocycles. The highest BCUT2D eigenvalue weighted by molar-refractivity contribution is 8.04. The molecule has 0 saturated carbocycles. The van der Waals surface area contributed by atoms with Crippen LogP contribution in [0.5, 0.6) is 0 Å². The first kappa shape index (κ1) is 9.85. The molecule has 0 aromatic heterocycles. The van der Waals surface area contributed by atoms with Crippen molar-refractivity contribution in [2.45, 2.75) is 0 Å². The van der Waals surface area contributed by atoms with Crippen LogP contribution in [0.2, 0.25) is 0 Å². The third kappa shape index (κ3) is 1.89. The van der Waals surface area contributed by atoms with E-state index in [1.165, 1.54) is 22.9 Å². The van der Waals surface area contributed by atoms with Gasteiger partial charge in [-0.25, -0.2) is 0 Å². The Bertz CT molecular complexity index is 497. The molecule has 2 aliphatic rings. The highest BCUT2D eigenvalue weighted by atomic mass is 32.2. The van der Waals surface area contributed by atoms with Gasteiger partial charge in [0.05, 0.1) is 6.54 Å². The molecule has 77 valence electrons. The molecule has 0 saturated heterocycles. The van der Waals surface area contributed by atoms with Crippen molar-refractivity contribution < 1.29 is 8.42 Å². The van der Waals surface area contributed by atoms with Crippen LogP contribution in [0, 0.1) is 0 Å². The molecule has 5 nitrogen and oxygen atoms in total. The standard InChI is InChI=1S/C9H9N3O2S/c13-15(14,9-10-5-4-6-11-9)12-7-2-1-3-8-12/h1-7H,8H2/q+1. The predicted molar refractivity (Wildman–Crippen MR) is 58.7 cm³/mol. The van der Waals surface area contributed by atoms with E-state index in [9.17, 15) is 8.42 Å². The van der Waals surface area contributed by atoms with E-state index in [-0.39, 0.29) is 5.17 Å². The maximum atomic E-state index is 11.9. The molecule has 15 heavy (non-hydrogen) atoms. The Morgan fingerprint density at radius 1 is 1.33 bits per heavy atom. The van der Waals surface area contributed by atoms with Gasteiger partial charge in [0.2, 0.25) is 0 Å². The Hall–Kier alpha value is -1.69. The van der Waals surface area contributed by atoms with Gasteiger partial charge in [0.1, 0.15) is 12.4 Å². The molecule has 0 unspecified atom stereocenters. The minimum absolute atomic E-state index is 0.176. The van der Waals surface area contributed by atoms with Gasteiger partial charge in [-0.15, -0.1) is 0 Å². The molecule has 0 N–H and O–H groups in total. The molecule has 1 radical (unpaired) electrons. The van der Waals surface area contributed by atoms with Crippen LogP contribution >= 0.6 is 0 Å². The lowest BCUT2D eigenvalue weighted by Gasteiger charge is -2.16. The molecule has 0 atom stereocenters. The summed E-state index contributed by atoms with van der Waals surface area (Å²) in [6, 6.07) is 0. The van der Waals surface area contributed by atoms with Crippen molar-refractivity contribution in [2.75, 3.05) is 6.54 Å². The molecule has 0 aromatic rings. The SMILES string of the molecule is O=S(=O)(C1=NC=CC=[N+]1)N1C=CC=CC1. The summed E-state index contributed by atoms with van der Waals surface area (Å²) >= 11 is 0. The van der Waals surface area contributed by atoms with Gasteiger partial charge in [-0.2, -0.15) is 8.42 Å². The lowest BCUT2D eigenvalue weighted by molar-refractivity contribution is 0.533. The van der Waals surface area contributed by atoms with Crippen molar-refractivity contribution in [3.05, 3.63) is 36.7 Å². The quantitative estimate of drug-likeness (QED) is 0.627. The molecular weight excluding hydrogens is 214 g/mol. The van der Waals surface area contributed by atoms with E-state index in [0.717, 1.165) is 0 Å². The van der Waals surface area contributed by atoms with E-state index in [1.807, 2.05) is 0 Å². The molecule has 0 aromatic carbocycles. The Balaban J connectivity index is 2.31. The maximum Gasteiger partial charge on any atom is 0.478 e. The fraction of sp³-hybridized carbons (Fsp3) is 0.111. The maximum absolute atomic E-state index is 11.9. The summed E-state index contributed by atoms with van der Waals surface area (Å²) in [5, 5.41) is -0.176. The fourth-order valence-electron chi connectivity index (χ4n) is 1.15. The van der Waals surface area contributed by atoms with E-state index in [2.05, 4.69) is 9.98 Å². The lowest BCUT2D eigenvalue weighted by Crippen LogP contribution is -2.35. The van der Waals surface area contributed by atoms with E-state index < -0.39 is 10.0 Å². The second-order valence-corrected chi connectivity index (χ2v) is 4.66. The van der Waals surface area contributed by atoms with Crippen LogP contribution in [0.15, 0.2) is 41.7 Å². The Morgan fingerprint density at radius 2 is 2.20 bits per heavy atom. The summed E-state index contributed by atoms with van der Waals surface area (Å²) in [7, 11) is -3.59. The average molecular weight is 223 g/mol. The van der Waals surface area contributed by atoms with Crippen LogP contribution in [0.1, 0.15) is 0 Å². The summed E-state index contributed by atoms with van der Waals surface area (Å²) in [4.78, 5) is 7.45. The van der Waals surface area contributed by atoms with Crippen molar-refractivity contribution in [2.24, 2.45) is 4.99 Å². The average Bonchev–Trinajstić information content (AvgIpc) is 2.31. The number of nitrogens with zero attached hydrogens (tertiary/aromatic N) is 3. The molecular formula is C9H9N3O2S+. The summed E-state index contributed by atoms with van der Waals surface area (Å²) in [5.74, 6) is 0. The van der Waals surface area contributed by atoms with Gasteiger partial charge in [0.15, 0.2) is 0 Å². The van der Waals surface area contributed by atoms with Crippen molar-refractivity contribution in [3.63, 3.8) is 0 Å². The monoisotopic (exact) mass is 223 g/mol. The third-order valence-electron chi connectivity index (χ3n) is 1.87. The summed E-state index contributed by atoms with van der Waals surface area (Å²) in [6.45, 7) is 0.317. The molecule has 2 aliphatic heterocycles. The van der Waals surface area contributed by atoms with Crippen molar-refractivity contribution in [3.8, 4) is 0 Å². The molecule has 0 bridgehead atoms. The van der Waals surface area contributed by atoms with Gasteiger partial charge in [-0.05, 0) is 16.1 Å². The van der Waals surface area contributed by atoms with Crippen molar-refractivity contribution in [1.29, 1.82) is 0 Å². The third-order valence-corrected chi connectivity index (χ3v) is 3.43. The van der Waals surface area contributed by atoms with Gasteiger partial charge in [0.25, 0.3) is 0 Å². The number of allylic oxidation sites excluding steroid dienone is 3. The Labute approximate surface area is 87.9 Å². The molecule has 2 rings (SSSR count). The highest BCUT2D eigenvalue weighted by Gasteiger charge is 2.34. The van der Waals surface area contributed by atoms with Crippen LogP contribution in [-0.2, 0) is 10.0 Å². The van der Waals surface area contributed by atoms with Crippen LogP contribution < -0.4 is 4.99 Å². The van der Waals surface area contributed by atoms with Crippen molar-refractivity contribution >= 4 is 21.4 Å². The summed E-state index contributed by atoms with van der Waals surface area (Å²) in [6.07, 6.45) is 11.1. The molecule has 2 heterocycles. The largest absolute Gasteiger partial charge is 0.478 e. The zero-order valence-corrected chi connectivity index (χ0v) is 8.63. The van der Waals surface area contributed by atoms with Crippen molar-refractivity contribution in [1.82, 2.24) is 9.30 Å². The first-order chi connectivity index (χ1) is 7.21. The van der Waals surface area contributed by atoms with Crippen LogP contribution in [-0.4, -0.2) is 30.7 Å². The lowest BCUT2D eigenvalue weighted by atomic mass is 10.4. The Kier molecular flexibility index (Phi) is 2.51. The first-order valence-electron chi connectivity index (χ1n) is 4.33. The fourth-order valence-corrected chi connectivity index (χ4v) is 2.26. The number of sulfonamides is 1. The highest BCUT2D eigenvalue weighted by Crippen LogP contribution is 2.08. The van der Waals surface area contributed by atoms with Gasteiger partial charge >= 0.3 is 15.2 Å². The van der Waals surface area contributed by atoms with Gasteiger partial charge in [-0.1, -0.05) is 12.2 Å². The molecule has 6 heteroatoms. The number of rotatable bonds is 1. The first-order valence-corrected chi connectivity index (χ1v) is 5.77. The van der Waals surface area contributed by atoms with Crippen LogP contribution in [0.3, 0.4) is 0 Å². The zero-order valence-electron chi connectivity index (χ0n) is 7.81. The van der Waals surface area contributed by atoms with Gasteiger partial charge < -0.3 is 0 Å². The molecule has 0 fully saturated rings. The smallest absolute Gasteiger partial charge is 0.263 e. The van der Waals surface area contributed by atoms with E-state index in [0.29, 0.717) is 6.54 Å². The molecule has 0 amide bonds. The van der Waals surface area contributed by atoms with E-state index in [1.54, 1.807) is 24.3 Å². The van der Waals surface area contributed by atoms with Crippen LogP contribution in [0.25, 0.3) is 0 Å². The normalized spacial score (nSPS) is 19.5. The van der Waals surface area contributed by atoms with E-state index >= 15 is 0 Å².